The highest BCUT2D eigenvalue weighted by atomic mass is 16.6. The van der Waals surface area contributed by atoms with Crippen molar-refractivity contribution in [3.05, 3.63) is 64.6 Å². The topological polar surface area (TPSA) is 76.0 Å². The number of amides is 2. The summed E-state index contributed by atoms with van der Waals surface area (Å²) >= 11 is 0. The van der Waals surface area contributed by atoms with Gasteiger partial charge < -0.3 is 4.74 Å². The van der Waals surface area contributed by atoms with Gasteiger partial charge in [0.05, 0.1) is 0 Å². The van der Waals surface area contributed by atoms with E-state index in [1.54, 1.807) is 0 Å². The van der Waals surface area contributed by atoms with Gasteiger partial charge in [0, 0.05) is 17.6 Å². The van der Waals surface area contributed by atoms with Crippen LogP contribution in [-0.4, -0.2) is 36.1 Å². The van der Waals surface area contributed by atoms with E-state index in [1.165, 1.54) is 4.90 Å². The van der Waals surface area contributed by atoms with Gasteiger partial charge in [0.25, 0.3) is 0 Å². The fourth-order valence-corrected chi connectivity index (χ4v) is 4.39. The van der Waals surface area contributed by atoms with Crippen LogP contribution in [0.4, 0.5) is 4.79 Å². The first kappa shape index (κ1) is 18.3. The molecular weight excluding hydrogens is 356 g/mol. The van der Waals surface area contributed by atoms with Crippen LogP contribution in [0.25, 0.3) is 11.1 Å². The van der Waals surface area contributed by atoms with Gasteiger partial charge in [0.1, 0.15) is 12.6 Å². The van der Waals surface area contributed by atoms with E-state index in [4.69, 9.17) is 4.74 Å². The second-order valence-electron chi connectivity index (χ2n) is 7.41. The SMILES string of the molecule is CC[C@@H]1C[C@H](C(=O)N=O)N(C(=O)OCC2c3ccccc3-c3ccccc32)C1. The Bertz CT molecular complexity index is 881. The van der Waals surface area contributed by atoms with E-state index in [2.05, 4.69) is 29.4 Å². The number of nitrogens with zero attached hydrogens (tertiary/aromatic N) is 2. The Morgan fingerprint density at radius 1 is 1.07 bits per heavy atom. The van der Waals surface area contributed by atoms with Gasteiger partial charge in [-0.3, -0.25) is 9.69 Å². The second-order valence-corrected chi connectivity index (χ2v) is 7.41. The largest absolute Gasteiger partial charge is 0.448 e. The molecular formula is C22H22N2O4. The molecule has 4 rings (SSSR count). The molecule has 1 saturated heterocycles. The first-order chi connectivity index (χ1) is 13.6. The Morgan fingerprint density at radius 3 is 2.25 bits per heavy atom. The van der Waals surface area contributed by atoms with Gasteiger partial charge in [-0.25, -0.2) is 4.79 Å². The van der Waals surface area contributed by atoms with Crippen molar-refractivity contribution in [3.63, 3.8) is 0 Å². The zero-order valence-corrected chi connectivity index (χ0v) is 15.7. The van der Waals surface area contributed by atoms with Crippen molar-refractivity contribution >= 4 is 12.0 Å². The number of benzene rings is 2. The molecule has 144 valence electrons. The van der Waals surface area contributed by atoms with E-state index >= 15 is 0 Å². The van der Waals surface area contributed by atoms with Gasteiger partial charge >= 0.3 is 12.0 Å². The van der Waals surface area contributed by atoms with E-state index in [0.29, 0.717) is 13.0 Å². The van der Waals surface area contributed by atoms with Crippen LogP contribution in [-0.2, 0) is 9.53 Å². The number of likely N-dealkylation sites (tertiary alicyclic amines) is 1. The highest BCUT2D eigenvalue weighted by Gasteiger charge is 2.41. The van der Waals surface area contributed by atoms with E-state index in [0.717, 1.165) is 28.7 Å². The first-order valence-corrected chi connectivity index (χ1v) is 9.62. The lowest BCUT2D eigenvalue weighted by atomic mass is 9.98. The number of hydrogen-bond donors (Lipinski definition) is 0. The van der Waals surface area contributed by atoms with Gasteiger partial charge in [0.2, 0.25) is 0 Å². The monoisotopic (exact) mass is 378 g/mol. The van der Waals surface area contributed by atoms with Crippen molar-refractivity contribution in [3.8, 4) is 11.1 Å². The molecule has 0 radical (unpaired) electrons. The van der Waals surface area contributed by atoms with Gasteiger partial charge in [-0.05, 0) is 34.6 Å². The molecule has 0 bridgehead atoms. The van der Waals surface area contributed by atoms with Crippen molar-refractivity contribution in [1.82, 2.24) is 4.90 Å². The van der Waals surface area contributed by atoms with Crippen LogP contribution in [0.5, 0.6) is 0 Å². The molecule has 2 amide bonds. The second kappa shape index (κ2) is 7.54. The summed E-state index contributed by atoms with van der Waals surface area (Å²) in [5.74, 6) is -0.667. The molecule has 1 fully saturated rings. The van der Waals surface area contributed by atoms with Crippen LogP contribution < -0.4 is 0 Å². The van der Waals surface area contributed by atoms with E-state index in [-0.39, 0.29) is 18.4 Å². The molecule has 0 unspecified atom stereocenters. The molecule has 1 heterocycles. The maximum Gasteiger partial charge on any atom is 0.410 e. The van der Waals surface area contributed by atoms with Crippen molar-refractivity contribution in [1.29, 1.82) is 0 Å². The first-order valence-electron chi connectivity index (χ1n) is 9.62. The number of ether oxygens (including phenoxy) is 1. The minimum Gasteiger partial charge on any atom is -0.448 e. The molecule has 0 saturated carbocycles. The zero-order chi connectivity index (χ0) is 19.7. The van der Waals surface area contributed by atoms with Crippen LogP contribution in [0.1, 0.15) is 36.8 Å². The van der Waals surface area contributed by atoms with E-state index in [9.17, 15) is 14.5 Å². The molecule has 1 aliphatic carbocycles. The number of rotatable bonds is 4. The third-order valence-electron chi connectivity index (χ3n) is 5.91. The summed E-state index contributed by atoms with van der Waals surface area (Å²) in [5.41, 5.74) is 4.58. The Balaban J connectivity index is 1.52. The lowest BCUT2D eigenvalue weighted by Crippen LogP contribution is -2.40. The van der Waals surface area contributed by atoms with Gasteiger partial charge in [0.15, 0.2) is 0 Å². The molecule has 0 aromatic heterocycles. The Hall–Kier alpha value is -3.02. The number of fused-ring (bicyclic) bond motifs is 3. The predicted molar refractivity (Wildman–Crippen MR) is 105 cm³/mol. The molecule has 28 heavy (non-hydrogen) atoms. The quantitative estimate of drug-likeness (QED) is 0.742. The Kier molecular flexibility index (Phi) is 4.94. The standard InChI is InChI=1S/C22H22N2O4/c1-2-14-11-20(21(25)23-27)24(12-14)22(26)28-13-19-17-9-5-3-7-15(17)16-8-4-6-10-18(16)19/h3-10,14,19-20H,2,11-13H2,1H3/t14-,20-/m1/s1. The summed E-state index contributed by atoms with van der Waals surface area (Å²) < 4.78 is 5.63. The molecule has 2 atom stereocenters. The van der Waals surface area contributed by atoms with Crippen LogP contribution in [0.2, 0.25) is 0 Å². The maximum atomic E-state index is 12.7. The number of hydrogen-bond acceptors (Lipinski definition) is 4. The normalized spacial score (nSPS) is 20.5. The van der Waals surface area contributed by atoms with Crippen molar-refractivity contribution in [2.24, 2.45) is 11.1 Å². The van der Waals surface area contributed by atoms with Crippen LogP contribution >= 0.6 is 0 Å². The lowest BCUT2D eigenvalue weighted by molar-refractivity contribution is -0.121. The van der Waals surface area contributed by atoms with E-state index < -0.39 is 18.0 Å². The summed E-state index contributed by atoms with van der Waals surface area (Å²) in [4.78, 5) is 36.7. The Labute approximate surface area is 163 Å². The molecule has 2 aliphatic rings. The van der Waals surface area contributed by atoms with Gasteiger partial charge in [-0.15, -0.1) is 4.91 Å². The fraction of sp³-hybridized carbons (Fsp3) is 0.364. The van der Waals surface area contributed by atoms with Crippen molar-refractivity contribution in [2.45, 2.75) is 31.7 Å². The fourth-order valence-electron chi connectivity index (χ4n) is 4.39. The average molecular weight is 378 g/mol. The molecule has 6 nitrogen and oxygen atoms in total. The third kappa shape index (κ3) is 3.09. The minimum atomic E-state index is -0.807. The predicted octanol–water partition coefficient (Wildman–Crippen LogP) is 4.33. The average Bonchev–Trinajstić information content (AvgIpc) is 3.31. The molecule has 2 aromatic rings. The lowest BCUT2D eigenvalue weighted by Gasteiger charge is -2.22. The summed E-state index contributed by atoms with van der Waals surface area (Å²) in [6.07, 6.45) is 0.737. The van der Waals surface area contributed by atoms with Crippen LogP contribution in [0, 0.1) is 10.8 Å². The van der Waals surface area contributed by atoms with Crippen molar-refractivity contribution in [2.75, 3.05) is 13.2 Å². The zero-order valence-electron chi connectivity index (χ0n) is 15.7. The van der Waals surface area contributed by atoms with Gasteiger partial charge in [-0.1, -0.05) is 61.9 Å². The molecule has 6 heteroatoms. The summed E-state index contributed by atoms with van der Waals surface area (Å²) in [7, 11) is 0. The summed E-state index contributed by atoms with van der Waals surface area (Å²) in [6.45, 7) is 2.61. The third-order valence-corrected chi connectivity index (χ3v) is 5.91. The number of nitroso groups, excluding NO2 is 1. The molecule has 2 aromatic carbocycles. The van der Waals surface area contributed by atoms with E-state index in [1.807, 2.05) is 31.2 Å². The molecule has 0 N–H and O–H groups in total. The highest BCUT2D eigenvalue weighted by Crippen LogP contribution is 2.44. The minimum absolute atomic E-state index is 0.0423. The Morgan fingerprint density at radius 2 is 1.68 bits per heavy atom. The highest BCUT2D eigenvalue weighted by molar-refractivity contribution is 5.87. The summed E-state index contributed by atoms with van der Waals surface area (Å²) in [5, 5.41) is 2.53. The number of carbonyl (C=O) groups is 2. The van der Waals surface area contributed by atoms with Crippen LogP contribution in [0.15, 0.2) is 53.7 Å². The van der Waals surface area contributed by atoms with Crippen LogP contribution in [0.3, 0.4) is 0 Å². The molecule has 1 aliphatic heterocycles. The van der Waals surface area contributed by atoms with Crippen molar-refractivity contribution < 1.29 is 14.3 Å². The summed E-state index contributed by atoms with van der Waals surface area (Å²) in [6, 6.07) is 15.4. The van der Waals surface area contributed by atoms with Gasteiger partial charge in [-0.2, -0.15) is 0 Å². The maximum absolute atomic E-state index is 12.7. The smallest absolute Gasteiger partial charge is 0.410 e. The molecule has 0 spiro atoms. The number of carbonyl (C=O) groups excluding carboxylic acids is 2.